The van der Waals surface area contributed by atoms with Crippen molar-refractivity contribution in [3.63, 3.8) is 0 Å². The third-order valence-electron chi connectivity index (χ3n) is 3.85. The fourth-order valence-electron chi connectivity index (χ4n) is 2.68. The van der Waals surface area contributed by atoms with Crippen LogP contribution in [0.5, 0.6) is 0 Å². The van der Waals surface area contributed by atoms with Gasteiger partial charge < -0.3 is 10.2 Å². The van der Waals surface area contributed by atoms with Crippen molar-refractivity contribution in [3.8, 4) is 0 Å². The minimum Gasteiger partial charge on any atom is -0.385 e. The molecule has 2 atom stereocenters. The molecule has 114 valence electrons. The van der Waals surface area contributed by atoms with Gasteiger partial charge in [0.1, 0.15) is 12.2 Å². The van der Waals surface area contributed by atoms with Crippen molar-refractivity contribution in [3.05, 3.63) is 71.1 Å². The molecule has 0 spiro atoms. The van der Waals surface area contributed by atoms with Gasteiger partial charge in [0, 0.05) is 18.0 Å². The number of pyridine rings is 1. The van der Waals surface area contributed by atoms with Crippen molar-refractivity contribution in [2.24, 2.45) is 0 Å². The molecule has 0 saturated carbocycles. The van der Waals surface area contributed by atoms with Gasteiger partial charge in [0.15, 0.2) is 0 Å². The summed E-state index contributed by atoms with van der Waals surface area (Å²) in [6.45, 7) is 0. The fourth-order valence-corrected chi connectivity index (χ4v) is 2.68. The van der Waals surface area contributed by atoms with Crippen LogP contribution < -0.4 is 5.48 Å². The van der Waals surface area contributed by atoms with E-state index < -0.39 is 12.2 Å². The van der Waals surface area contributed by atoms with Crippen LogP contribution in [0.3, 0.4) is 0 Å². The standard InChI is InChI=1S/C17H18N2O3/c1-22-19-15-5-3-12-10-13(2-4-14(12)15)17(21)16(20)11-6-8-18-9-7-11/h2,4-10,16-17,19-21H,3H2,1H3. The number of fused-ring (bicyclic) bond motifs is 1. The first-order valence-corrected chi connectivity index (χ1v) is 7.09. The SMILES string of the molecule is CONC1=CCc2cc(C(O)C(O)c3ccncc3)ccc21. The number of hydroxylamine groups is 1. The van der Waals surface area contributed by atoms with Crippen molar-refractivity contribution in [2.75, 3.05) is 7.11 Å². The van der Waals surface area contributed by atoms with Crippen LogP contribution in [0.2, 0.25) is 0 Å². The van der Waals surface area contributed by atoms with Gasteiger partial charge in [0.2, 0.25) is 0 Å². The predicted molar refractivity (Wildman–Crippen MR) is 82.4 cm³/mol. The van der Waals surface area contributed by atoms with Gasteiger partial charge in [-0.05, 0) is 35.2 Å². The van der Waals surface area contributed by atoms with E-state index in [0.717, 1.165) is 23.2 Å². The molecule has 0 saturated heterocycles. The Morgan fingerprint density at radius 1 is 1.09 bits per heavy atom. The maximum Gasteiger partial charge on any atom is 0.109 e. The maximum atomic E-state index is 10.4. The molecular formula is C17H18N2O3. The number of aromatic nitrogens is 1. The summed E-state index contributed by atoms with van der Waals surface area (Å²) in [5, 5.41) is 20.7. The Hall–Kier alpha value is -2.21. The molecule has 0 aliphatic heterocycles. The van der Waals surface area contributed by atoms with Crippen molar-refractivity contribution in [2.45, 2.75) is 18.6 Å². The molecule has 3 N–H and O–H groups in total. The number of allylic oxidation sites excluding steroid dienone is 1. The molecule has 0 amide bonds. The topological polar surface area (TPSA) is 74.6 Å². The second kappa shape index (κ2) is 6.27. The minimum absolute atomic E-state index is 0.642. The van der Waals surface area contributed by atoms with Gasteiger partial charge in [-0.25, -0.2) is 0 Å². The molecule has 2 unspecified atom stereocenters. The number of benzene rings is 1. The van der Waals surface area contributed by atoms with E-state index >= 15 is 0 Å². The molecule has 0 fully saturated rings. The summed E-state index contributed by atoms with van der Waals surface area (Å²) < 4.78 is 0. The number of hydrogen-bond acceptors (Lipinski definition) is 5. The van der Waals surface area contributed by atoms with Crippen LogP contribution in [0.1, 0.15) is 34.5 Å². The Bertz CT molecular complexity index is 686. The number of aliphatic hydroxyl groups is 2. The molecule has 1 aromatic carbocycles. The zero-order valence-corrected chi connectivity index (χ0v) is 12.2. The van der Waals surface area contributed by atoms with Gasteiger partial charge in [-0.1, -0.05) is 24.3 Å². The van der Waals surface area contributed by atoms with Gasteiger partial charge in [-0.15, -0.1) is 0 Å². The summed E-state index contributed by atoms with van der Waals surface area (Å²) in [6, 6.07) is 9.07. The highest BCUT2D eigenvalue weighted by molar-refractivity contribution is 5.71. The third-order valence-corrected chi connectivity index (χ3v) is 3.85. The van der Waals surface area contributed by atoms with E-state index in [4.69, 9.17) is 4.84 Å². The number of hydrogen-bond donors (Lipinski definition) is 3. The Labute approximate surface area is 128 Å². The summed E-state index contributed by atoms with van der Waals surface area (Å²) in [7, 11) is 1.57. The minimum atomic E-state index is -0.980. The van der Waals surface area contributed by atoms with E-state index in [0.29, 0.717) is 11.1 Å². The highest BCUT2D eigenvalue weighted by atomic mass is 16.6. The van der Waals surface area contributed by atoms with E-state index in [1.54, 1.807) is 31.6 Å². The van der Waals surface area contributed by atoms with E-state index in [1.807, 2.05) is 24.3 Å². The largest absolute Gasteiger partial charge is 0.385 e. The van der Waals surface area contributed by atoms with Crippen molar-refractivity contribution >= 4 is 5.70 Å². The average molecular weight is 298 g/mol. The summed E-state index contributed by atoms with van der Waals surface area (Å²) in [5.74, 6) is 0. The van der Waals surface area contributed by atoms with Crippen LogP contribution in [-0.4, -0.2) is 22.3 Å². The Morgan fingerprint density at radius 3 is 2.55 bits per heavy atom. The lowest BCUT2D eigenvalue weighted by Crippen LogP contribution is -2.12. The Morgan fingerprint density at radius 2 is 1.82 bits per heavy atom. The smallest absolute Gasteiger partial charge is 0.109 e. The third kappa shape index (κ3) is 2.74. The molecule has 5 nitrogen and oxygen atoms in total. The maximum absolute atomic E-state index is 10.4. The van der Waals surface area contributed by atoms with Gasteiger partial charge in [0.05, 0.1) is 12.8 Å². The summed E-state index contributed by atoms with van der Waals surface area (Å²) >= 11 is 0. The fraction of sp³-hybridized carbons (Fsp3) is 0.235. The number of aliphatic hydroxyl groups excluding tert-OH is 2. The molecule has 1 aromatic heterocycles. The summed E-state index contributed by atoms with van der Waals surface area (Å²) in [6.07, 6.45) is 4.04. The monoisotopic (exact) mass is 298 g/mol. The highest BCUT2D eigenvalue weighted by Crippen LogP contribution is 2.32. The highest BCUT2D eigenvalue weighted by Gasteiger charge is 2.22. The summed E-state index contributed by atoms with van der Waals surface area (Å²) in [4.78, 5) is 8.86. The first-order valence-electron chi connectivity index (χ1n) is 7.09. The van der Waals surface area contributed by atoms with Crippen LogP contribution in [0.15, 0.2) is 48.8 Å². The second-order valence-corrected chi connectivity index (χ2v) is 5.21. The van der Waals surface area contributed by atoms with E-state index in [2.05, 4.69) is 10.5 Å². The molecule has 0 bridgehead atoms. The lowest BCUT2D eigenvalue weighted by atomic mass is 9.96. The first kappa shape index (κ1) is 14.7. The summed E-state index contributed by atoms with van der Waals surface area (Å²) in [5.41, 5.74) is 7.24. The number of nitrogens with one attached hydrogen (secondary N) is 1. The molecule has 1 aliphatic rings. The lowest BCUT2D eigenvalue weighted by Gasteiger charge is -2.19. The van der Waals surface area contributed by atoms with E-state index in [1.165, 1.54) is 0 Å². The average Bonchev–Trinajstić information content (AvgIpc) is 2.97. The lowest BCUT2D eigenvalue weighted by molar-refractivity contribution is 0.0171. The van der Waals surface area contributed by atoms with Gasteiger partial charge in [-0.3, -0.25) is 15.3 Å². The second-order valence-electron chi connectivity index (χ2n) is 5.21. The molecule has 1 aliphatic carbocycles. The molecule has 1 heterocycles. The number of rotatable bonds is 5. The van der Waals surface area contributed by atoms with E-state index in [-0.39, 0.29) is 0 Å². The van der Waals surface area contributed by atoms with Gasteiger partial charge in [-0.2, -0.15) is 0 Å². The van der Waals surface area contributed by atoms with Crippen LogP contribution in [0.4, 0.5) is 0 Å². The van der Waals surface area contributed by atoms with Crippen LogP contribution >= 0.6 is 0 Å². The van der Waals surface area contributed by atoms with Crippen LogP contribution in [0, 0.1) is 0 Å². The van der Waals surface area contributed by atoms with E-state index in [9.17, 15) is 10.2 Å². The molecular weight excluding hydrogens is 280 g/mol. The molecule has 3 rings (SSSR count). The van der Waals surface area contributed by atoms with Crippen molar-refractivity contribution < 1.29 is 15.1 Å². The molecule has 0 radical (unpaired) electrons. The van der Waals surface area contributed by atoms with Crippen LogP contribution in [0.25, 0.3) is 5.70 Å². The quantitative estimate of drug-likeness (QED) is 0.735. The van der Waals surface area contributed by atoms with Crippen molar-refractivity contribution in [1.82, 2.24) is 10.5 Å². The van der Waals surface area contributed by atoms with Crippen LogP contribution in [-0.2, 0) is 11.3 Å². The molecule has 22 heavy (non-hydrogen) atoms. The first-order chi connectivity index (χ1) is 10.7. The van der Waals surface area contributed by atoms with Gasteiger partial charge >= 0.3 is 0 Å². The number of nitrogens with zero attached hydrogens (tertiary/aromatic N) is 1. The van der Waals surface area contributed by atoms with Gasteiger partial charge in [0.25, 0.3) is 0 Å². The predicted octanol–water partition coefficient (Wildman–Crippen LogP) is 1.90. The van der Waals surface area contributed by atoms with Crippen molar-refractivity contribution in [1.29, 1.82) is 0 Å². The zero-order valence-electron chi connectivity index (χ0n) is 12.2. The molecule has 2 aromatic rings. The normalized spacial score (nSPS) is 15.9. The molecule has 5 heteroatoms. The zero-order chi connectivity index (χ0) is 15.5. The Balaban J connectivity index is 1.82. The Kier molecular flexibility index (Phi) is 4.20.